The van der Waals surface area contributed by atoms with Crippen molar-refractivity contribution in [2.75, 3.05) is 26.4 Å². The molecule has 0 radical (unpaired) electrons. The summed E-state index contributed by atoms with van der Waals surface area (Å²) in [5.74, 6) is -1.21. The van der Waals surface area contributed by atoms with Crippen molar-refractivity contribution in [2.24, 2.45) is 22.9 Å². The van der Waals surface area contributed by atoms with Gasteiger partial charge in [0.1, 0.15) is 35.6 Å². The number of allylic oxidation sites excluding steroid dienone is 1. The Morgan fingerprint density at radius 2 is 1.71 bits per heavy atom. The molecule has 4 aromatic carbocycles. The van der Waals surface area contributed by atoms with Gasteiger partial charge >= 0.3 is 0 Å². The van der Waals surface area contributed by atoms with Crippen LogP contribution in [0.5, 0.6) is 11.5 Å². The Morgan fingerprint density at radius 1 is 0.968 bits per heavy atom. The molecule has 1 aliphatic heterocycles. The molecule has 62 heavy (non-hydrogen) atoms. The van der Waals surface area contributed by atoms with E-state index in [1.807, 2.05) is 86.3 Å². The van der Waals surface area contributed by atoms with E-state index in [1.165, 1.54) is 6.07 Å². The number of rotatable bonds is 19. The van der Waals surface area contributed by atoms with Crippen molar-refractivity contribution in [3.63, 3.8) is 0 Å². The number of unbranched alkanes of at least 4 members (excludes halogenated alkanes) is 2. The average molecular weight is 847 g/mol. The first-order valence-corrected chi connectivity index (χ1v) is 22.4. The first kappa shape index (κ1) is 45.0. The van der Waals surface area contributed by atoms with E-state index < -0.39 is 23.3 Å². The molecule has 4 aromatic rings. The SMILES string of the molecule is C=CCO[C@@]12Oc3ccc(OCc4ccccc4F)cc3[C@H]3[C@H](CCCCO)[C@@H](CCCCO)C=C(C(=NOC(C)(C)C)C[C@@H]1N(CCC)C(=O)c1ccc4ccccc4c1)[C@H]32. The number of aliphatic hydroxyl groups excluding tert-OH is 2. The van der Waals surface area contributed by atoms with Gasteiger partial charge in [-0.25, -0.2) is 4.39 Å². The van der Waals surface area contributed by atoms with E-state index in [4.69, 9.17) is 24.2 Å². The number of aliphatic hydroxyl groups is 2. The fourth-order valence-electron chi connectivity index (χ4n) is 9.83. The van der Waals surface area contributed by atoms with Crippen LogP contribution in [0.4, 0.5) is 4.39 Å². The number of fused-ring (bicyclic) bond motifs is 3. The number of carbonyl (C=O) groups is 1. The number of ether oxygens (including phenoxy) is 3. The van der Waals surface area contributed by atoms with E-state index in [0.29, 0.717) is 54.9 Å². The third-order valence-electron chi connectivity index (χ3n) is 12.5. The first-order valence-electron chi connectivity index (χ1n) is 22.4. The highest BCUT2D eigenvalue weighted by atomic mass is 19.1. The monoisotopic (exact) mass is 846 g/mol. The molecule has 3 aliphatic rings. The van der Waals surface area contributed by atoms with E-state index >= 15 is 4.79 Å². The van der Waals surface area contributed by atoms with Gasteiger partial charge in [-0.2, -0.15) is 0 Å². The Morgan fingerprint density at radius 3 is 2.44 bits per heavy atom. The van der Waals surface area contributed by atoms with E-state index in [0.717, 1.165) is 53.3 Å². The molecule has 0 bridgehead atoms. The molecular formula is C52H63FN2O7. The van der Waals surface area contributed by atoms with Crippen LogP contribution in [0.2, 0.25) is 0 Å². The van der Waals surface area contributed by atoms with E-state index in [1.54, 1.807) is 24.3 Å². The number of halogens is 1. The van der Waals surface area contributed by atoms with Crippen LogP contribution in [0.1, 0.15) is 106 Å². The van der Waals surface area contributed by atoms with Gasteiger partial charge in [0.15, 0.2) is 0 Å². The molecule has 0 saturated heterocycles. The molecule has 10 heteroatoms. The number of benzene rings is 4. The number of carbonyl (C=O) groups excluding carboxylic acids is 1. The van der Waals surface area contributed by atoms with Gasteiger partial charge in [0.2, 0.25) is 5.79 Å². The lowest BCUT2D eigenvalue weighted by Gasteiger charge is -2.60. The van der Waals surface area contributed by atoms with Crippen LogP contribution in [-0.4, -0.2) is 70.5 Å². The van der Waals surface area contributed by atoms with Gasteiger partial charge in [-0.1, -0.05) is 85.6 Å². The van der Waals surface area contributed by atoms with Crippen molar-refractivity contribution in [2.45, 2.75) is 109 Å². The van der Waals surface area contributed by atoms with Gasteiger partial charge in [0.05, 0.1) is 18.2 Å². The molecule has 0 aromatic heterocycles. The van der Waals surface area contributed by atoms with Crippen LogP contribution in [0.3, 0.4) is 0 Å². The van der Waals surface area contributed by atoms with Gasteiger partial charge in [0, 0.05) is 48.8 Å². The highest BCUT2D eigenvalue weighted by Crippen LogP contribution is 2.62. The van der Waals surface area contributed by atoms with Gasteiger partial charge < -0.3 is 34.2 Å². The Labute approximate surface area is 366 Å². The normalized spacial score (nSPS) is 23.5. The molecule has 0 unspecified atom stereocenters. The molecular weight excluding hydrogens is 784 g/mol. The van der Waals surface area contributed by atoms with Crippen molar-refractivity contribution in [1.82, 2.24) is 4.90 Å². The smallest absolute Gasteiger partial charge is 0.254 e. The lowest BCUT2D eigenvalue weighted by Crippen LogP contribution is -2.70. The third-order valence-corrected chi connectivity index (χ3v) is 12.5. The van der Waals surface area contributed by atoms with Crippen LogP contribution in [0.15, 0.2) is 114 Å². The minimum Gasteiger partial charge on any atom is -0.489 e. The summed E-state index contributed by atoms with van der Waals surface area (Å²) < 4.78 is 35.7. The Kier molecular flexibility index (Phi) is 14.5. The Bertz CT molecular complexity index is 2250. The number of amides is 1. The first-order chi connectivity index (χ1) is 30.0. The second-order valence-corrected chi connectivity index (χ2v) is 17.9. The van der Waals surface area contributed by atoms with Crippen LogP contribution in [-0.2, 0) is 16.2 Å². The van der Waals surface area contributed by atoms with E-state index in [2.05, 4.69) is 19.6 Å². The fourth-order valence-corrected chi connectivity index (χ4v) is 9.83. The highest BCUT2D eigenvalue weighted by molar-refractivity contribution is 6.04. The molecule has 1 heterocycles. The van der Waals surface area contributed by atoms with Crippen molar-refractivity contribution in [1.29, 1.82) is 0 Å². The van der Waals surface area contributed by atoms with Crippen molar-refractivity contribution in [3.05, 3.63) is 132 Å². The minimum atomic E-state index is -1.39. The molecule has 2 N–H and O–H groups in total. The largest absolute Gasteiger partial charge is 0.489 e. The second kappa shape index (κ2) is 20.0. The highest BCUT2D eigenvalue weighted by Gasteiger charge is 2.65. The van der Waals surface area contributed by atoms with Gasteiger partial charge in [-0.15, -0.1) is 6.58 Å². The lowest BCUT2D eigenvalue weighted by molar-refractivity contribution is -0.254. The second-order valence-electron chi connectivity index (χ2n) is 17.9. The zero-order chi connectivity index (χ0) is 43.9. The maximum absolute atomic E-state index is 15.2. The van der Waals surface area contributed by atoms with Crippen LogP contribution in [0, 0.1) is 23.6 Å². The maximum atomic E-state index is 15.2. The molecule has 2 aliphatic carbocycles. The third kappa shape index (κ3) is 9.63. The summed E-state index contributed by atoms with van der Waals surface area (Å²) in [5, 5.41) is 26.9. The zero-order valence-corrected chi connectivity index (χ0v) is 36.7. The van der Waals surface area contributed by atoms with Crippen molar-refractivity contribution in [3.8, 4) is 11.5 Å². The molecule has 1 amide bonds. The fraction of sp³-hybridized carbons (Fsp3) is 0.462. The number of hydrogen-bond donors (Lipinski definition) is 2. The number of nitrogens with zero attached hydrogens (tertiary/aromatic N) is 2. The summed E-state index contributed by atoms with van der Waals surface area (Å²) in [6, 6.07) is 25.6. The van der Waals surface area contributed by atoms with E-state index in [-0.39, 0.29) is 55.9 Å². The average Bonchev–Trinajstić information content (AvgIpc) is 3.27. The zero-order valence-electron chi connectivity index (χ0n) is 36.7. The molecule has 0 spiro atoms. The van der Waals surface area contributed by atoms with Crippen LogP contribution >= 0.6 is 0 Å². The number of oxime groups is 1. The molecule has 9 nitrogen and oxygen atoms in total. The summed E-state index contributed by atoms with van der Waals surface area (Å²) in [7, 11) is 0. The van der Waals surface area contributed by atoms with Crippen LogP contribution < -0.4 is 9.47 Å². The number of hydrogen-bond acceptors (Lipinski definition) is 8. The summed E-state index contributed by atoms with van der Waals surface area (Å²) >= 11 is 0. The Balaban J connectivity index is 1.44. The summed E-state index contributed by atoms with van der Waals surface area (Å²) in [5.41, 5.74) is 3.07. The van der Waals surface area contributed by atoms with Gasteiger partial charge in [-0.3, -0.25) is 4.79 Å². The summed E-state index contributed by atoms with van der Waals surface area (Å²) in [6.07, 6.45) is 9.64. The van der Waals surface area contributed by atoms with Crippen molar-refractivity contribution < 1.29 is 38.4 Å². The topological polar surface area (TPSA) is 110 Å². The van der Waals surface area contributed by atoms with E-state index in [9.17, 15) is 14.6 Å². The Hall–Kier alpha value is -5.03. The molecule has 1 fully saturated rings. The molecule has 7 rings (SSSR count). The molecule has 330 valence electrons. The predicted octanol–water partition coefficient (Wildman–Crippen LogP) is 10.5. The molecule has 1 saturated carbocycles. The standard InChI is InChI=1S/C52H63FN2O7/c1-6-26-55(50(58)38-23-22-35-16-8-9-17-36(35)30-38)47-33-45(54-62-51(3,4)5)42-31-37(18-12-14-27-56)41(20-13-15-28-57)48-43-32-40(59-34-39-19-10-11-21-44(39)53)24-25-46(43)61-52(47,49(42)48)60-29-7-2/h7-11,16-17,19,21-25,30-32,37,41,47-49,56-57H,2,6,12-15,18,20,26-29,33-34H2,1,3-5H3/t37-,41+,47-,48+,49+,52+/m0/s1. The van der Waals surface area contributed by atoms with Crippen molar-refractivity contribution >= 4 is 22.4 Å². The maximum Gasteiger partial charge on any atom is 0.254 e. The predicted molar refractivity (Wildman–Crippen MR) is 242 cm³/mol. The summed E-state index contributed by atoms with van der Waals surface area (Å²) in [6.45, 7) is 12.9. The summed E-state index contributed by atoms with van der Waals surface area (Å²) in [4.78, 5) is 23.4. The quantitative estimate of drug-likeness (QED) is 0.0549. The lowest BCUT2D eigenvalue weighted by atomic mass is 9.55. The molecule has 6 atom stereocenters. The van der Waals surface area contributed by atoms with Gasteiger partial charge in [-0.05, 0) is 117 Å². The van der Waals surface area contributed by atoms with Gasteiger partial charge in [0.25, 0.3) is 5.91 Å². The van der Waals surface area contributed by atoms with Crippen LogP contribution in [0.25, 0.3) is 10.8 Å². The minimum absolute atomic E-state index is 0.0458.